The molecule has 31 heavy (non-hydrogen) atoms. The van der Waals surface area contributed by atoms with E-state index in [4.69, 9.17) is 0 Å². The number of thiol groups is 1. The molecule has 0 fully saturated rings. The van der Waals surface area contributed by atoms with Gasteiger partial charge in [-0.05, 0) is 35.3 Å². The molecule has 2 aromatic heterocycles. The number of hydrogen-bond acceptors (Lipinski definition) is 4. The molecule has 2 nitrogen and oxygen atoms in total. The van der Waals surface area contributed by atoms with Crippen molar-refractivity contribution in [2.24, 2.45) is 0 Å². The summed E-state index contributed by atoms with van der Waals surface area (Å²) < 4.78 is 26.9. The largest absolute Gasteiger partial charge is 2.00 e. The molecule has 0 unspecified atom stereocenters. The minimum Gasteiger partial charge on any atom is -0.305 e. The Balaban J connectivity index is 0.000000213. The van der Waals surface area contributed by atoms with Crippen molar-refractivity contribution in [1.29, 1.82) is 0 Å². The van der Waals surface area contributed by atoms with Crippen molar-refractivity contribution in [3.05, 3.63) is 102 Å². The van der Waals surface area contributed by atoms with Crippen LogP contribution in [-0.2, 0) is 26.8 Å². The van der Waals surface area contributed by atoms with Crippen molar-refractivity contribution < 1.29 is 29.8 Å². The predicted octanol–water partition coefficient (Wildman–Crippen LogP) is 6.52. The maximum atomic E-state index is 13.4. The average molecular weight is 632 g/mol. The predicted molar refractivity (Wildman–Crippen MR) is 121 cm³/mol. The van der Waals surface area contributed by atoms with E-state index >= 15 is 0 Å². The summed E-state index contributed by atoms with van der Waals surface area (Å²) in [7, 11) is 0. The third kappa shape index (κ3) is 6.99. The van der Waals surface area contributed by atoms with Crippen molar-refractivity contribution >= 4 is 24.4 Å². The summed E-state index contributed by atoms with van der Waals surface area (Å²) in [5.74, 6) is 0.0221. The van der Waals surface area contributed by atoms with Crippen molar-refractivity contribution in [3.8, 4) is 22.5 Å². The number of aromatic nitrogens is 2. The molecule has 4 rings (SSSR count). The van der Waals surface area contributed by atoms with E-state index in [1.165, 1.54) is 12.1 Å². The molecule has 0 aliphatic rings. The first-order valence-electron chi connectivity index (χ1n) is 9.01. The van der Waals surface area contributed by atoms with Gasteiger partial charge < -0.3 is 9.97 Å². The second kappa shape index (κ2) is 12.7. The zero-order chi connectivity index (χ0) is 21.3. The molecule has 0 saturated heterocycles. The van der Waals surface area contributed by atoms with E-state index in [-0.39, 0.29) is 32.7 Å². The third-order valence-electron chi connectivity index (χ3n) is 4.10. The topological polar surface area (TPSA) is 25.8 Å². The maximum absolute atomic E-state index is 13.4. The summed E-state index contributed by atoms with van der Waals surface area (Å²) in [5, 5.41) is 0. The first kappa shape index (κ1) is 25.3. The van der Waals surface area contributed by atoms with Crippen molar-refractivity contribution in [1.82, 2.24) is 9.97 Å². The Bertz CT molecular complexity index is 1040. The van der Waals surface area contributed by atoms with Gasteiger partial charge in [0.1, 0.15) is 0 Å². The molecule has 4 aromatic rings. The molecule has 0 spiro atoms. The maximum Gasteiger partial charge on any atom is 2.00 e. The molecule has 0 N–H and O–H groups in total. The van der Waals surface area contributed by atoms with E-state index in [0.29, 0.717) is 28.3 Å². The molecule has 0 amide bonds. The van der Waals surface area contributed by atoms with E-state index in [2.05, 4.69) is 34.7 Å². The number of thioether (sulfide) groups is 1. The van der Waals surface area contributed by atoms with Crippen LogP contribution < -0.4 is 0 Å². The van der Waals surface area contributed by atoms with Crippen LogP contribution in [0, 0.1) is 23.8 Å². The van der Waals surface area contributed by atoms with Crippen LogP contribution in [0.1, 0.15) is 5.56 Å². The Kier molecular flexibility index (Phi) is 10.4. The summed E-state index contributed by atoms with van der Waals surface area (Å²) in [6.45, 7) is 0. The van der Waals surface area contributed by atoms with Gasteiger partial charge in [0.2, 0.25) is 0 Å². The van der Waals surface area contributed by atoms with Gasteiger partial charge in [-0.2, -0.15) is 12.6 Å². The van der Waals surface area contributed by atoms with Crippen molar-refractivity contribution in [2.75, 3.05) is 6.26 Å². The number of pyridine rings is 2. The molecule has 0 aliphatic heterocycles. The van der Waals surface area contributed by atoms with Crippen LogP contribution in [0.4, 0.5) is 8.78 Å². The van der Waals surface area contributed by atoms with E-state index < -0.39 is 0 Å². The second-order valence-electron chi connectivity index (χ2n) is 6.07. The summed E-state index contributed by atoms with van der Waals surface area (Å²) >= 11 is 5.77. The van der Waals surface area contributed by atoms with Gasteiger partial charge in [0, 0.05) is 34.7 Å². The summed E-state index contributed by atoms with van der Waals surface area (Å²) in [6, 6.07) is 22.6. The van der Waals surface area contributed by atoms with Gasteiger partial charge in [0.15, 0.2) is 0 Å². The molecule has 0 aliphatic carbocycles. The molecule has 2 aromatic carbocycles. The SMILES string of the molecule is CSc1ccnc(-c2[c-]cccc2F)c1.Fc1ccc[c-]c1-c1cc(CS)ccn1.[Pt+2]. The molecule has 2 heterocycles. The minimum absolute atomic E-state index is 0. The monoisotopic (exact) mass is 631 g/mol. The number of hydrogen-bond donors (Lipinski definition) is 1. The normalized spacial score (nSPS) is 9.94. The zero-order valence-corrected chi connectivity index (χ0v) is 20.4. The van der Waals surface area contributed by atoms with E-state index in [9.17, 15) is 8.78 Å². The van der Waals surface area contributed by atoms with Crippen LogP contribution in [-0.4, -0.2) is 16.2 Å². The smallest absolute Gasteiger partial charge is 0.305 e. The number of rotatable bonds is 4. The first-order valence-corrected chi connectivity index (χ1v) is 10.9. The van der Waals surface area contributed by atoms with Gasteiger partial charge in [-0.1, -0.05) is 23.3 Å². The van der Waals surface area contributed by atoms with Gasteiger partial charge in [0.05, 0.1) is 0 Å². The third-order valence-corrected chi connectivity index (χ3v) is 5.19. The Morgan fingerprint density at radius 3 is 1.94 bits per heavy atom. The summed E-state index contributed by atoms with van der Waals surface area (Å²) in [4.78, 5) is 9.31. The van der Waals surface area contributed by atoms with Crippen LogP contribution >= 0.6 is 24.4 Å². The fourth-order valence-electron chi connectivity index (χ4n) is 2.61. The van der Waals surface area contributed by atoms with Crippen LogP contribution in [0.25, 0.3) is 22.5 Å². The Morgan fingerprint density at radius 2 is 1.42 bits per heavy atom. The fourth-order valence-corrected chi connectivity index (χ4v) is 3.23. The molecule has 160 valence electrons. The molecule has 0 atom stereocenters. The van der Waals surface area contributed by atoms with Crippen LogP contribution in [0.5, 0.6) is 0 Å². The molecule has 7 heteroatoms. The van der Waals surface area contributed by atoms with Crippen molar-refractivity contribution in [3.63, 3.8) is 0 Å². The van der Waals surface area contributed by atoms with Crippen LogP contribution in [0.2, 0.25) is 0 Å². The Hall–Kier alpha value is -2.01. The van der Waals surface area contributed by atoms with Gasteiger partial charge in [-0.15, -0.1) is 60.3 Å². The van der Waals surface area contributed by atoms with E-state index in [1.807, 2.05) is 30.5 Å². The average Bonchev–Trinajstić information content (AvgIpc) is 2.80. The number of nitrogens with zero attached hydrogens (tertiary/aromatic N) is 2. The molecule has 0 saturated carbocycles. The standard InChI is InChI=1S/2C12H9FNS.Pt/c1-15-9-6-7-14-12(8-9)10-4-2-3-5-11(10)13;13-11-4-2-1-3-10(11)12-7-9(8-15)5-6-14-12;/h2-3,5-8H,1H3;1-2,4-7,15H,8H2;/q2*-1;+2. The van der Waals surface area contributed by atoms with Crippen LogP contribution in [0.15, 0.2) is 78.0 Å². The Labute approximate surface area is 205 Å². The molecular weight excluding hydrogens is 613 g/mol. The summed E-state index contributed by atoms with van der Waals surface area (Å²) in [5.41, 5.74) is 3.06. The van der Waals surface area contributed by atoms with Crippen molar-refractivity contribution in [2.45, 2.75) is 10.6 Å². The van der Waals surface area contributed by atoms with E-state index in [1.54, 1.807) is 48.4 Å². The van der Waals surface area contributed by atoms with Gasteiger partial charge >= 0.3 is 21.1 Å². The van der Waals surface area contributed by atoms with Crippen LogP contribution in [0.3, 0.4) is 0 Å². The minimum atomic E-state index is -0.304. The molecule has 0 radical (unpaired) electrons. The quantitative estimate of drug-likeness (QED) is 0.158. The zero-order valence-electron chi connectivity index (χ0n) is 16.5. The van der Waals surface area contributed by atoms with Gasteiger partial charge in [0.25, 0.3) is 0 Å². The Morgan fingerprint density at radius 1 is 0.871 bits per heavy atom. The van der Waals surface area contributed by atoms with Gasteiger partial charge in [-0.25, -0.2) is 0 Å². The number of halogens is 2. The molecule has 0 bridgehead atoms. The van der Waals surface area contributed by atoms with E-state index in [0.717, 1.165) is 10.5 Å². The fraction of sp³-hybridized carbons (Fsp3) is 0.0833. The molecular formula is C24H18F2N2PtS2. The first-order chi connectivity index (χ1) is 14.6. The van der Waals surface area contributed by atoms with Gasteiger partial charge in [-0.3, -0.25) is 8.78 Å². The second-order valence-corrected chi connectivity index (χ2v) is 7.27. The number of benzene rings is 2. The summed E-state index contributed by atoms with van der Waals surface area (Å²) in [6.07, 6.45) is 5.31.